The lowest BCUT2D eigenvalue weighted by Gasteiger charge is -2.17. The Morgan fingerprint density at radius 2 is 1.92 bits per heavy atom. The van der Waals surface area contributed by atoms with Crippen molar-refractivity contribution < 1.29 is 17.9 Å². The average Bonchev–Trinajstić information content (AvgIpc) is 2.55. The quantitative estimate of drug-likeness (QED) is 0.672. The van der Waals surface area contributed by atoms with E-state index in [1.54, 1.807) is 38.2 Å². The lowest BCUT2D eigenvalue weighted by molar-refractivity contribution is -0.274. The van der Waals surface area contributed by atoms with E-state index in [-0.39, 0.29) is 15.8 Å². The molecule has 0 saturated heterocycles. The zero-order valence-corrected chi connectivity index (χ0v) is 15.3. The van der Waals surface area contributed by atoms with Crippen LogP contribution in [0.3, 0.4) is 0 Å². The van der Waals surface area contributed by atoms with Crippen LogP contribution in [0.25, 0.3) is 16.6 Å². The van der Waals surface area contributed by atoms with Crippen molar-refractivity contribution in [1.82, 2.24) is 9.55 Å². The molecule has 1 N–H and O–H groups in total. The second-order valence-electron chi connectivity index (χ2n) is 5.46. The molecule has 0 saturated carbocycles. The minimum absolute atomic E-state index is 0.0932. The van der Waals surface area contributed by atoms with E-state index >= 15 is 0 Å². The molecule has 0 aliphatic rings. The van der Waals surface area contributed by atoms with Gasteiger partial charge in [0.25, 0.3) is 0 Å². The van der Waals surface area contributed by atoms with Gasteiger partial charge in [-0.15, -0.1) is 13.2 Å². The number of nitrogens with zero attached hydrogens (tertiary/aromatic N) is 2. The number of halogens is 4. The molecule has 0 radical (unpaired) electrons. The van der Waals surface area contributed by atoms with Gasteiger partial charge in [0.2, 0.25) is 0 Å². The molecular formula is C17H13BrF3N3O2. The zero-order valence-electron chi connectivity index (χ0n) is 13.7. The summed E-state index contributed by atoms with van der Waals surface area (Å²) in [5.41, 5.74) is 0.927. The highest BCUT2D eigenvalue weighted by molar-refractivity contribution is 9.10. The van der Waals surface area contributed by atoms with E-state index in [4.69, 9.17) is 0 Å². The molecular weight excluding hydrogens is 415 g/mol. The van der Waals surface area contributed by atoms with Crippen LogP contribution in [0.5, 0.6) is 5.75 Å². The molecule has 0 bridgehead atoms. The van der Waals surface area contributed by atoms with Crippen molar-refractivity contribution in [3.63, 3.8) is 0 Å². The molecule has 0 aliphatic carbocycles. The smallest absolute Gasteiger partial charge is 0.405 e. The van der Waals surface area contributed by atoms with Gasteiger partial charge in [-0.3, -0.25) is 4.57 Å². The summed E-state index contributed by atoms with van der Waals surface area (Å²) in [6.07, 6.45) is -4.86. The van der Waals surface area contributed by atoms with Crippen LogP contribution in [-0.4, -0.2) is 23.0 Å². The minimum Gasteiger partial charge on any atom is -0.405 e. The number of alkyl halides is 3. The summed E-state index contributed by atoms with van der Waals surface area (Å²) in [5.74, 6) is -0.186. The SMILES string of the molecule is CNc1nc(=O)n(-c2ccccc2C)c2cc(OC(F)(F)F)c(Br)cc12. The van der Waals surface area contributed by atoms with E-state index in [1.807, 2.05) is 0 Å². The number of aryl methyl sites for hydroxylation is 1. The molecule has 1 heterocycles. The van der Waals surface area contributed by atoms with Crippen molar-refractivity contribution in [3.05, 3.63) is 56.9 Å². The predicted octanol–water partition coefficient (Wildman–Crippen LogP) is 4.40. The summed E-state index contributed by atoms with van der Waals surface area (Å²) in [4.78, 5) is 16.6. The van der Waals surface area contributed by atoms with Crippen molar-refractivity contribution in [3.8, 4) is 11.4 Å². The zero-order chi connectivity index (χ0) is 19.1. The predicted molar refractivity (Wildman–Crippen MR) is 96.0 cm³/mol. The Bertz CT molecular complexity index is 1050. The number of hydrogen-bond donors (Lipinski definition) is 1. The van der Waals surface area contributed by atoms with Crippen LogP contribution in [0.1, 0.15) is 5.56 Å². The number of para-hydroxylation sites is 1. The molecule has 0 atom stereocenters. The van der Waals surface area contributed by atoms with E-state index in [0.29, 0.717) is 11.1 Å². The molecule has 0 amide bonds. The molecule has 26 heavy (non-hydrogen) atoms. The highest BCUT2D eigenvalue weighted by atomic mass is 79.9. The lowest BCUT2D eigenvalue weighted by atomic mass is 10.1. The summed E-state index contributed by atoms with van der Waals surface area (Å²) >= 11 is 3.08. The molecule has 2 aromatic carbocycles. The monoisotopic (exact) mass is 427 g/mol. The summed E-state index contributed by atoms with van der Waals surface area (Å²) < 4.78 is 43.5. The van der Waals surface area contributed by atoms with E-state index in [9.17, 15) is 18.0 Å². The average molecular weight is 428 g/mol. The van der Waals surface area contributed by atoms with Gasteiger partial charge in [0.1, 0.15) is 11.6 Å². The van der Waals surface area contributed by atoms with E-state index in [0.717, 1.165) is 5.56 Å². The number of anilines is 1. The second-order valence-corrected chi connectivity index (χ2v) is 6.32. The Kier molecular flexibility index (Phi) is 4.66. The molecule has 0 spiro atoms. The topological polar surface area (TPSA) is 56.2 Å². The summed E-state index contributed by atoms with van der Waals surface area (Å²) in [5, 5.41) is 3.26. The van der Waals surface area contributed by atoms with Crippen molar-refractivity contribution in [2.45, 2.75) is 13.3 Å². The normalized spacial score (nSPS) is 11.6. The molecule has 0 unspecified atom stereocenters. The summed E-state index contributed by atoms with van der Waals surface area (Å²) in [6, 6.07) is 9.64. The Hall–Kier alpha value is -2.55. The van der Waals surface area contributed by atoms with Crippen LogP contribution < -0.4 is 15.7 Å². The standard InChI is InChI=1S/C17H13BrF3N3O2/c1-9-5-3-4-6-12(9)24-13-8-14(26-17(19,20)21)11(18)7-10(13)15(22-2)23-16(24)25/h3-8H,1-2H3,(H,22,23,25). The third kappa shape index (κ3) is 3.39. The van der Waals surface area contributed by atoms with E-state index in [2.05, 4.69) is 31.0 Å². The molecule has 3 rings (SSSR count). The first-order valence-corrected chi connectivity index (χ1v) is 8.26. The van der Waals surface area contributed by atoms with Crippen LogP contribution in [-0.2, 0) is 0 Å². The fourth-order valence-corrected chi connectivity index (χ4v) is 3.09. The first-order chi connectivity index (χ1) is 12.2. The van der Waals surface area contributed by atoms with Crippen molar-refractivity contribution in [2.75, 3.05) is 12.4 Å². The Morgan fingerprint density at radius 3 is 2.54 bits per heavy atom. The first-order valence-electron chi connectivity index (χ1n) is 7.47. The molecule has 136 valence electrons. The van der Waals surface area contributed by atoms with E-state index < -0.39 is 17.8 Å². The number of benzene rings is 2. The van der Waals surface area contributed by atoms with Gasteiger partial charge in [-0.2, -0.15) is 4.98 Å². The van der Waals surface area contributed by atoms with Gasteiger partial charge in [-0.05, 0) is 40.5 Å². The van der Waals surface area contributed by atoms with Gasteiger partial charge < -0.3 is 10.1 Å². The number of nitrogens with one attached hydrogen (secondary N) is 1. The largest absolute Gasteiger partial charge is 0.573 e. The fourth-order valence-electron chi connectivity index (χ4n) is 2.67. The molecule has 5 nitrogen and oxygen atoms in total. The van der Waals surface area contributed by atoms with E-state index in [1.165, 1.54) is 16.7 Å². The lowest BCUT2D eigenvalue weighted by Crippen LogP contribution is -2.24. The number of aromatic nitrogens is 2. The Morgan fingerprint density at radius 1 is 1.23 bits per heavy atom. The van der Waals surface area contributed by atoms with Crippen molar-refractivity contribution in [1.29, 1.82) is 0 Å². The highest BCUT2D eigenvalue weighted by Gasteiger charge is 2.32. The van der Waals surface area contributed by atoms with Crippen molar-refractivity contribution >= 4 is 32.7 Å². The Labute approximate surface area is 154 Å². The third-order valence-electron chi connectivity index (χ3n) is 3.76. The molecule has 9 heteroatoms. The summed E-state index contributed by atoms with van der Waals surface area (Å²) in [6.45, 7) is 1.80. The van der Waals surface area contributed by atoms with Gasteiger partial charge in [-0.25, -0.2) is 4.79 Å². The minimum atomic E-state index is -4.86. The van der Waals surface area contributed by atoms with Gasteiger partial charge in [0, 0.05) is 18.5 Å². The van der Waals surface area contributed by atoms with Crippen LogP contribution in [0.15, 0.2) is 45.7 Å². The van der Waals surface area contributed by atoms with Gasteiger partial charge in [0.15, 0.2) is 0 Å². The van der Waals surface area contributed by atoms with Crippen LogP contribution in [0, 0.1) is 6.92 Å². The number of hydrogen-bond acceptors (Lipinski definition) is 4. The highest BCUT2D eigenvalue weighted by Crippen LogP contribution is 2.36. The third-order valence-corrected chi connectivity index (χ3v) is 4.38. The second kappa shape index (κ2) is 6.64. The molecule has 3 aromatic rings. The maximum atomic E-state index is 12.7. The van der Waals surface area contributed by atoms with Gasteiger partial charge >= 0.3 is 12.1 Å². The van der Waals surface area contributed by atoms with Crippen LogP contribution in [0.4, 0.5) is 19.0 Å². The maximum absolute atomic E-state index is 12.7. The summed E-state index contributed by atoms with van der Waals surface area (Å²) in [7, 11) is 1.58. The van der Waals surface area contributed by atoms with Crippen LogP contribution >= 0.6 is 15.9 Å². The molecule has 0 aliphatic heterocycles. The Balaban J connectivity index is 2.41. The van der Waals surface area contributed by atoms with Crippen LogP contribution in [0.2, 0.25) is 0 Å². The molecule has 0 fully saturated rings. The van der Waals surface area contributed by atoms with Gasteiger partial charge in [-0.1, -0.05) is 18.2 Å². The number of fused-ring (bicyclic) bond motifs is 1. The maximum Gasteiger partial charge on any atom is 0.573 e. The molecule has 1 aromatic heterocycles. The fraction of sp³-hybridized carbons (Fsp3) is 0.176. The number of ether oxygens (including phenoxy) is 1. The van der Waals surface area contributed by atoms with Crippen molar-refractivity contribution in [2.24, 2.45) is 0 Å². The first kappa shape index (κ1) is 18.2. The number of rotatable bonds is 3. The van der Waals surface area contributed by atoms with Gasteiger partial charge in [0.05, 0.1) is 15.7 Å².